The van der Waals surface area contributed by atoms with E-state index in [-0.39, 0.29) is 29.3 Å². The van der Waals surface area contributed by atoms with Crippen LogP contribution in [-0.4, -0.2) is 56.6 Å². The molecule has 0 atom stereocenters. The van der Waals surface area contributed by atoms with Crippen LogP contribution < -0.4 is 10.1 Å². The molecule has 0 bridgehead atoms. The number of carbonyl (C=O) groups excluding carboxylic acids is 1. The van der Waals surface area contributed by atoms with E-state index in [0.29, 0.717) is 18.9 Å². The van der Waals surface area contributed by atoms with Crippen molar-refractivity contribution in [2.24, 2.45) is 0 Å². The number of carbonyl (C=O) groups is 1. The fraction of sp³-hybridized carbons (Fsp3) is 0.269. The number of benzene rings is 3. The SMILES string of the molecule is CCn1c2ccccc2c2cc(NC(=O)c3ccc(OC)c(S(=O)(=O)N4CCOCC4)c3)ccc21. The van der Waals surface area contributed by atoms with E-state index < -0.39 is 15.9 Å². The van der Waals surface area contributed by atoms with Crippen molar-refractivity contribution in [3.05, 3.63) is 66.2 Å². The Kier molecular flexibility index (Phi) is 6.22. The van der Waals surface area contributed by atoms with Crippen molar-refractivity contribution in [2.45, 2.75) is 18.4 Å². The largest absolute Gasteiger partial charge is 0.495 e. The Morgan fingerprint density at radius 1 is 1.00 bits per heavy atom. The number of morpholine rings is 1. The number of amides is 1. The molecule has 0 aliphatic carbocycles. The van der Waals surface area contributed by atoms with Crippen LogP contribution in [0.15, 0.2) is 65.6 Å². The van der Waals surface area contributed by atoms with E-state index in [1.165, 1.54) is 23.5 Å². The maximum Gasteiger partial charge on any atom is 0.255 e. The molecule has 8 nitrogen and oxygen atoms in total. The van der Waals surface area contributed by atoms with Crippen molar-refractivity contribution in [1.29, 1.82) is 0 Å². The van der Waals surface area contributed by atoms with Crippen molar-refractivity contribution in [3.63, 3.8) is 0 Å². The van der Waals surface area contributed by atoms with Gasteiger partial charge in [0, 0.05) is 52.7 Å². The second kappa shape index (κ2) is 9.33. The fourth-order valence-corrected chi connectivity index (χ4v) is 6.21. The zero-order valence-electron chi connectivity index (χ0n) is 19.7. The van der Waals surface area contributed by atoms with Gasteiger partial charge in [0.1, 0.15) is 10.6 Å². The molecular formula is C26H27N3O5S. The Morgan fingerprint density at radius 2 is 1.74 bits per heavy atom. The number of ether oxygens (including phenoxy) is 2. The summed E-state index contributed by atoms with van der Waals surface area (Å²) in [5, 5.41) is 5.08. The topological polar surface area (TPSA) is 89.9 Å². The maximum absolute atomic E-state index is 13.3. The Morgan fingerprint density at radius 3 is 2.49 bits per heavy atom. The first-order valence-electron chi connectivity index (χ1n) is 11.5. The summed E-state index contributed by atoms with van der Waals surface area (Å²) in [6.07, 6.45) is 0. The Labute approximate surface area is 204 Å². The van der Waals surface area contributed by atoms with Gasteiger partial charge in [-0.15, -0.1) is 0 Å². The number of rotatable bonds is 6. The first kappa shape index (κ1) is 23.3. The molecule has 0 spiro atoms. The van der Waals surface area contributed by atoms with Gasteiger partial charge >= 0.3 is 0 Å². The van der Waals surface area contributed by atoms with Gasteiger partial charge in [0.15, 0.2) is 0 Å². The normalized spacial score (nSPS) is 14.9. The molecule has 0 unspecified atom stereocenters. The smallest absolute Gasteiger partial charge is 0.255 e. The number of hydrogen-bond acceptors (Lipinski definition) is 5. The number of methoxy groups -OCH3 is 1. The third-order valence-corrected chi connectivity index (χ3v) is 8.28. The van der Waals surface area contributed by atoms with E-state index in [4.69, 9.17) is 9.47 Å². The summed E-state index contributed by atoms with van der Waals surface area (Å²) >= 11 is 0. The molecule has 1 aromatic heterocycles. The lowest BCUT2D eigenvalue weighted by atomic mass is 10.1. The number of aromatic nitrogens is 1. The number of sulfonamides is 1. The molecular weight excluding hydrogens is 466 g/mol. The number of nitrogens with zero attached hydrogens (tertiary/aromatic N) is 2. The number of para-hydroxylation sites is 1. The fourth-order valence-electron chi connectivity index (χ4n) is 4.62. The average molecular weight is 494 g/mol. The summed E-state index contributed by atoms with van der Waals surface area (Å²) in [6, 6.07) is 18.4. The second-order valence-corrected chi connectivity index (χ2v) is 10.2. The van der Waals surface area contributed by atoms with Gasteiger partial charge in [-0.25, -0.2) is 8.42 Å². The van der Waals surface area contributed by atoms with Crippen LogP contribution in [0.4, 0.5) is 5.69 Å². The molecule has 0 saturated carbocycles. The van der Waals surface area contributed by atoms with Crippen LogP contribution in [0.25, 0.3) is 21.8 Å². The Hall–Kier alpha value is -3.40. The molecule has 3 aromatic carbocycles. The predicted molar refractivity (Wildman–Crippen MR) is 136 cm³/mol. The van der Waals surface area contributed by atoms with E-state index in [0.717, 1.165) is 28.4 Å². The van der Waals surface area contributed by atoms with Crippen LogP contribution >= 0.6 is 0 Å². The van der Waals surface area contributed by atoms with Crippen molar-refractivity contribution >= 4 is 43.4 Å². The van der Waals surface area contributed by atoms with Crippen LogP contribution in [0.2, 0.25) is 0 Å². The summed E-state index contributed by atoms with van der Waals surface area (Å²) in [6.45, 7) is 4.12. The lowest BCUT2D eigenvalue weighted by molar-refractivity contribution is 0.0729. The Bertz CT molecular complexity index is 1520. The molecule has 4 aromatic rings. The first-order chi connectivity index (χ1) is 16.9. The molecule has 1 amide bonds. The van der Waals surface area contributed by atoms with Gasteiger partial charge in [0.05, 0.1) is 20.3 Å². The lowest BCUT2D eigenvalue weighted by Crippen LogP contribution is -2.40. The highest BCUT2D eigenvalue weighted by molar-refractivity contribution is 7.89. The van der Waals surface area contributed by atoms with E-state index in [2.05, 4.69) is 28.9 Å². The highest BCUT2D eigenvalue weighted by Crippen LogP contribution is 2.32. The van der Waals surface area contributed by atoms with Gasteiger partial charge < -0.3 is 19.4 Å². The first-order valence-corrected chi connectivity index (χ1v) is 13.0. The van der Waals surface area contributed by atoms with Gasteiger partial charge in [0.2, 0.25) is 10.0 Å². The summed E-state index contributed by atoms with van der Waals surface area (Å²) in [7, 11) is -2.43. The molecule has 35 heavy (non-hydrogen) atoms. The van der Waals surface area contributed by atoms with Crippen molar-refractivity contribution in [2.75, 3.05) is 38.7 Å². The van der Waals surface area contributed by atoms with Crippen LogP contribution in [0.5, 0.6) is 5.75 Å². The summed E-state index contributed by atoms with van der Waals surface area (Å²) in [4.78, 5) is 13.1. The van der Waals surface area contributed by atoms with Gasteiger partial charge in [-0.2, -0.15) is 4.31 Å². The number of fused-ring (bicyclic) bond motifs is 3. The molecule has 0 radical (unpaired) electrons. The number of hydrogen-bond donors (Lipinski definition) is 1. The maximum atomic E-state index is 13.3. The monoisotopic (exact) mass is 493 g/mol. The number of nitrogens with one attached hydrogen (secondary N) is 1. The quantitative estimate of drug-likeness (QED) is 0.437. The van der Waals surface area contributed by atoms with Crippen LogP contribution in [0, 0.1) is 0 Å². The lowest BCUT2D eigenvalue weighted by Gasteiger charge is -2.26. The van der Waals surface area contributed by atoms with E-state index in [1.807, 2.05) is 30.3 Å². The molecule has 1 fully saturated rings. The molecule has 9 heteroatoms. The number of anilines is 1. The van der Waals surface area contributed by atoms with Gasteiger partial charge in [-0.1, -0.05) is 18.2 Å². The minimum atomic E-state index is -3.84. The van der Waals surface area contributed by atoms with Crippen molar-refractivity contribution < 1.29 is 22.7 Å². The van der Waals surface area contributed by atoms with Crippen LogP contribution in [-0.2, 0) is 21.3 Å². The van der Waals surface area contributed by atoms with Gasteiger partial charge in [-0.3, -0.25) is 4.79 Å². The molecule has 1 N–H and O–H groups in total. The molecule has 2 heterocycles. The van der Waals surface area contributed by atoms with Crippen LogP contribution in [0.3, 0.4) is 0 Å². The second-order valence-electron chi connectivity index (χ2n) is 8.33. The summed E-state index contributed by atoms with van der Waals surface area (Å²) in [5.74, 6) is -0.202. The highest BCUT2D eigenvalue weighted by Gasteiger charge is 2.30. The number of aryl methyl sites for hydroxylation is 1. The minimum Gasteiger partial charge on any atom is -0.495 e. The molecule has 5 rings (SSSR count). The molecule has 1 aliphatic heterocycles. The van der Waals surface area contributed by atoms with Gasteiger partial charge in [-0.05, 0) is 49.4 Å². The van der Waals surface area contributed by atoms with Crippen LogP contribution in [0.1, 0.15) is 17.3 Å². The van der Waals surface area contributed by atoms with Crippen molar-refractivity contribution in [3.8, 4) is 5.75 Å². The van der Waals surface area contributed by atoms with E-state index in [9.17, 15) is 13.2 Å². The van der Waals surface area contributed by atoms with Gasteiger partial charge in [0.25, 0.3) is 5.91 Å². The average Bonchev–Trinajstić information content (AvgIpc) is 3.21. The summed E-state index contributed by atoms with van der Waals surface area (Å²) in [5.41, 5.74) is 3.10. The minimum absolute atomic E-state index is 0.0315. The summed E-state index contributed by atoms with van der Waals surface area (Å²) < 4.78 is 40.7. The molecule has 182 valence electrons. The van der Waals surface area contributed by atoms with E-state index >= 15 is 0 Å². The third kappa shape index (κ3) is 4.16. The van der Waals surface area contributed by atoms with Crippen molar-refractivity contribution in [1.82, 2.24) is 8.87 Å². The van der Waals surface area contributed by atoms with E-state index in [1.54, 1.807) is 6.07 Å². The molecule has 1 aliphatic rings. The highest BCUT2D eigenvalue weighted by atomic mass is 32.2. The predicted octanol–water partition coefficient (Wildman–Crippen LogP) is 4.10. The Balaban J connectivity index is 1.48. The third-order valence-electron chi connectivity index (χ3n) is 6.36. The zero-order chi connectivity index (χ0) is 24.6. The standard InChI is InChI=1S/C26H27N3O5S/c1-3-29-22-7-5-4-6-20(22)21-17-19(9-10-23(21)29)27-26(30)18-8-11-24(33-2)25(16-18)35(31,32)28-12-14-34-15-13-28/h4-11,16-17H,3,12-15H2,1-2H3,(H,27,30). The molecule has 1 saturated heterocycles. The zero-order valence-corrected chi connectivity index (χ0v) is 20.5.